The fourth-order valence-corrected chi connectivity index (χ4v) is 7.87. The summed E-state index contributed by atoms with van der Waals surface area (Å²) in [5.74, 6) is -0.616. The fourth-order valence-electron chi connectivity index (χ4n) is 7.35. The molecule has 58 heavy (non-hydrogen) atoms. The van der Waals surface area contributed by atoms with Gasteiger partial charge in [-0.3, -0.25) is 39.2 Å². The van der Waals surface area contributed by atoms with Gasteiger partial charge in [0.05, 0.1) is 29.4 Å². The Labute approximate surface area is 340 Å². The molecular formula is C41H45F3N8O5S. The SMILES string of the molecule is CCCc1cc(N2C(=S)N(c3ccc(C#N)c(C(F)(F)F)c3)C(=O)C2(C)C)ccc1OCCN1CCN(CC(=O)Nc2cccc(NC3CCC(=O)NC3=O)c2)CC1. The summed E-state index contributed by atoms with van der Waals surface area (Å²) >= 11 is 5.73. The Kier molecular flexibility index (Phi) is 12.7. The number of imide groups is 1. The molecule has 0 aliphatic carbocycles. The van der Waals surface area contributed by atoms with Crippen molar-refractivity contribution in [2.75, 3.05) is 66.3 Å². The van der Waals surface area contributed by atoms with Gasteiger partial charge < -0.3 is 20.3 Å². The first-order valence-electron chi connectivity index (χ1n) is 19.1. The highest BCUT2D eigenvalue weighted by Crippen LogP contribution is 2.40. The maximum Gasteiger partial charge on any atom is 0.417 e. The number of piperidine rings is 1. The van der Waals surface area contributed by atoms with Crippen molar-refractivity contribution in [3.05, 3.63) is 77.4 Å². The van der Waals surface area contributed by atoms with Gasteiger partial charge in [0.15, 0.2) is 5.11 Å². The Morgan fingerprint density at radius 3 is 2.40 bits per heavy atom. The number of piperazine rings is 1. The topological polar surface area (TPSA) is 150 Å². The first kappa shape index (κ1) is 42.0. The Hall–Kier alpha value is -5.57. The van der Waals surface area contributed by atoms with Crippen LogP contribution in [0.3, 0.4) is 0 Å². The second kappa shape index (κ2) is 17.5. The summed E-state index contributed by atoms with van der Waals surface area (Å²) in [7, 11) is 0. The number of hydrogen-bond donors (Lipinski definition) is 3. The molecule has 3 aromatic carbocycles. The second-order valence-corrected chi connectivity index (χ2v) is 15.3. The number of ether oxygens (including phenoxy) is 1. The lowest BCUT2D eigenvalue weighted by Gasteiger charge is -2.34. The van der Waals surface area contributed by atoms with Gasteiger partial charge in [0.1, 0.15) is 23.9 Å². The van der Waals surface area contributed by atoms with Crippen molar-refractivity contribution in [2.24, 2.45) is 0 Å². The number of amides is 4. The molecule has 0 bridgehead atoms. The lowest BCUT2D eigenvalue weighted by molar-refractivity contribution is -0.138. The van der Waals surface area contributed by atoms with Gasteiger partial charge in [-0.05, 0) is 99.1 Å². The van der Waals surface area contributed by atoms with Crippen LogP contribution >= 0.6 is 12.2 Å². The van der Waals surface area contributed by atoms with Crippen LogP contribution in [0.25, 0.3) is 0 Å². The molecule has 306 valence electrons. The maximum atomic E-state index is 13.8. The molecule has 6 rings (SSSR count). The number of nitrogens with zero attached hydrogens (tertiary/aromatic N) is 5. The predicted molar refractivity (Wildman–Crippen MR) is 216 cm³/mol. The van der Waals surface area contributed by atoms with E-state index in [1.807, 2.05) is 19.1 Å². The van der Waals surface area contributed by atoms with Gasteiger partial charge in [-0.15, -0.1) is 0 Å². The van der Waals surface area contributed by atoms with Crippen molar-refractivity contribution in [1.29, 1.82) is 5.26 Å². The maximum absolute atomic E-state index is 13.8. The number of carbonyl (C=O) groups is 4. The molecule has 1 atom stereocenters. The molecule has 3 aromatic rings. The highest BCUT2D eigenvalue weighted by atomic mass is 32.1. The van der Waals surface area contributed by atoms with Crippen LogP contribution in [0.2, 0.25) is 0 Å². The van der Waals surface area contributed by atoms with Gasteiger partial charge in [-0.25, -0.2) is 0 Å². The molecule has 0 radical (unpaired) electrons. The third kappa shape index (κ3) is 9.41. The number of carbonyl (C=O) groups excluding carboxylic acids is 4. The first-order chi connectivity index (χ1) is 27.6. The number of thiocarbonyl (C=S) groups is 1. The minimum atomic E-state index is -4.80. The molecule has 4 amide bonds. The normalized spacial score (nSPS) is 18.9. The molecule has 13 nitrogen and oxygen atoms in total. The van der Waals surface area contributed by atoms with E-state index in [0.717, 1.165) is 42.1 Å². The third-order valence-corrected chi connectivity index (χ3v) is 10.8. The molecule has 1 unspecified atom stereocenters. The van der Waals surface area contributed by atoms with Crippen LogP contribution < -0.4 is 30.5 Å². The highest BCUT2D eigenvalue weighted by Gasteiger charge is 2.51. The fraction of sp³-hybridized carbons (Fsp3) is 0.415. The molecule has 3 aliphatic heterocycles. The van der Waals surface area contributed by atoms with Gasteiger partial charge in [0.2, 0.25) is 17.7 Å². The first-order valence-corrected chi connectivity index (χ1v) is 19.5. The molecule has 3 fully saturated rings. The number of nitrogens with one attached hydrogen (secondary N) is 3. The van der Waals surface area contributed by atoms with Gasteiger partial charge in [0, 0.05) is 56.2 Å². The van der Waals surface area contributed by atoms with E-state index in [4.69, 9.17) is 17.0 Å². The largest absolute Gasteiger partial charge is 0.492 e. The number of benzene rings is 3. The van der Waals surface area contributed by atoms with Gasteiger partial charge in [-0.2, -0.15) is 18.4 Å². The number of halogens is 3. The van der Waals surface area contributed by atoms with Crippen molar-refractivity contribution in [2.45, 2.75) is 64.2 Å². The van der Waals surface area contributed by atoms with E-state index >= 15 is 0 Å². The Morgan fingerprint density at radius 2 is 1.71 bits per heavy atom. The van der Waals surface area contributed by atoms with Crippen LogP contribution in [0.5, 0.6) is 5.75 Å². The summed E-state index contributed by atoms with van der Waals surface area (Å²) in [6, 6.07) is 16.8. The van der Waals surface area contributed by atoms with E-state index in [-0.39, 0.29) is 41.5 Å². The van der Waals surface area contributed by atoms with Crippen molar-refractivity contribution in [1.82, 2.24) is 15.1 Å². The van der Waals surface area contributed by atoms with E-state index in [0.29, 0.717) is 61.9 Å². The molecule has 0 spiro atoms. The molecule has 3 aliphatic rings. The number of alkyl halides is 3. The van der Waals surface area contributed by atoms with Crippen molar-refractivity contribution < 1.29 is 37.1 Å². The summed E-state index contributed by atoms with van der Waals surface area (Å²) in [5.41, 5.74) is -0.216. The van der Waals surface area contributed by atoms with Gasteiger partial charge in [-0.1, -0.05) is 19.4 Å². The minimum absolute atomic E-state index is 0.0223. The summed E-state index contributed by atoms with van der Waals surface area (Å²) in [6.45, 7) is 9.56. The summed E-state index contributed by atoms with van der Waals surface area (Å²) in [4.78, 5) is 57.3. The van der Waals surface area contributed by atoms with Crippen LogP contribution in [-0.2, 0) is 31.8 Å². The number of anilines is 4. The van der Waals surface area contributed by atoms with E-state index < -0.39 is 34.8 Å². The highest BCUT2D eigenvalue weighted by molar-refractivity contribution is 7.81. The smallest absolute Gasteiger partial charge is 0.417 e. The predicted octanol–water partition coefficient (Wildman–Crippen LogP) is 5.30. The molecule has 3 saturated heterocycles. The van der Waals surface area contributed by atoms with Gasteiger partial charge in [0.25, 0.3) is 5.91 Å². The van der Waals surface area contributed by atoms with Crippen LogP contribution in [-0.4, -0.2) is 96.0 Å². The number of aryl methyl sites for hydroxylation is 1. The molecule has 3 heterocycles. The van der Waals surface area contributed by atoms with Crippen LogP contribution in [0.1, 0.15) is 56.7 Å². The van der Waals surface area contributed by atoms with Crippen LogP contribution in [0, 0.1) is 11.3 Å². The molecular weight excluding hydrogens is 774 g/mol. The number of nitriles is 1. The zero-order chi connectivity index (χ0) is 41.8. The Morgan fingerprint density at radius 1 is 1.00 bits per heavy atom. The van der Waals surface area contributed by atoms with E-state index in [2.05, 4.69) is 25.8 Å². The average Bonchev–Trinajstić information content (AvgIpc) is 3.35. The van der Waals surface area contributed by atoms with Crippen LogP contribution in [0.15, 0.2) is 60.7 Å². The molecule has 3 N–H and O–H groups in total. The zero-order valence-electron chi connectivity index (χ0n) is 32.4. The van der Waals surface area contributed by atoms with E-state index in [9.17, 15) is 37.6 Å². The minimum Gasteiger partial charge on any atom is -0.492 e. The standard InChI is InChI=1S/C41H45F3N8O5S/c1-4-6-26-21-31(52-39(58)51(38(56)40(52,2)3)30-10-9-27(24-45)32(23-30)41(42,43)44)11-13-34(26)57-20-19-49-15-17-50(18-16-49)25-36(54)47-29-8-5-7-28(22-29)46-33-12-14-35(53)48-37(33)55/h5,7-11,13,21-23,33,46H,4,6,12,14-20,25H2,1-3H3,(H,47,54)(H,48,53,55). The lowest BCUT2D eigenvalue weighted by Crippen LogP contribution is -2.49. The molecule has 0 saturated carbocycles. The zero-order valence-corrected chi connectivity index (χ0v) is 33.3. The summed E-state index contributed by atoms with van der Waals surface area (Å²) in [5, 5.41) is 17.7. The molecule has 17 heteroatoms. The lowest BCUT2D eigenvalue weighted by atomic mass is 10.0. The van der Waals surface area contributed by atoms with Crippen molar-refractivity contribution in [3.8, 4) is 11.8 Å². The average molecular weight is 819 g/mol. The van der Waals surface area contributed by atoms with E-state index in [1.165, 1.54) is 6.07 Å². The Balaban J connectivity index is 1.01. The third-order valence-electron chi connectivity index (χ3n) is 10.4. The van der Waals surface area contributed by atoms with Gasteiger partial charge >= 0.3 is 6.18 Å². The molecule has 0 aromatic heterocycles. The quantitative estimate of drug-likeness (QED) is 0.152. The Bertz CT molecular complexity index is 2130. The summed E-state index contributed by atoms with van der Waals surface area (Å²) in [6.07, 6.45) is -2.65. The second-order valence-electron chi connectivity index (χ2n) is 14.9. The van der Waals surface area contributed by atoms with Crippen LogP contribution in [0.4, 0.5) is 35.9 Å². The summed E-state index contributed by atoms with van der Waals surface area (Å²) < 4.78 is 47.6. The van der Waals surface area contributed by atoms with E-state index in [1.54, 1.807) is 55.1 Å². The number of rotatable bonds is 13. The monoisotopic (exact) mass is 818 g/mol. The van der Waals surface area contributed by atoms with Crippen molar-refractivity contribution >= 4 is 63.7 Å². The van der Waals surface area contributed by atoms with Crippen molar-refractivity contribution in [3.63, 3.8) is 0 Å². The number of hydrogen-bond acceptors (Lipinski definition) is 10.